The molecule has 0 bridgehead atoms. The standard InChI is InChI=1S/C21H22/c1-2-21(16-10-5-11-17-21)20(18-12-6-3-7-13-18)19-14-8-4-9-15-19/h3-16,20H,2,17H2,1H3. The van der Waals surface area contributed by atoms with Crippen molar-refractivity contribution in [3.8, 4) is 0 Å². The lowest BCUT2D eigenvalue weighted by atomic mass is 9.64. The van der Waals surface area contributed by atoms with Crippen molar-refractivity contribution in [3.05, 3.63) is 96.1 Å². The zero-order valence-electron chi connectivity index (χ0n) is 12.6. The molecule has 0 fully saturated rings. The third-order valence-electron chi connectivity index (χ3n) is 4.67. The third-order valence-corrected chi connectivity index (χ3v) is 4.67. The molecule has 0 aliphatic heterocycles. The zero-order valence-corrected chi connectivity index (χ0v) is 12.6. The summed E-state index contributed by atoms with van der Waals surface area (Å²) in [4.78, 5) is 0. The molecular weight excluding hydrogens is 252 g/mol. The minimum absolute atomic E-state index is 0.178. The van der Waals surface area contributed by atoms with E-state index in [4.69, 9.17) is 0 Å². The molecule has 2 aromatic carbocycles. The first kappa shape index (κ1) is 13.9. The first-order chi connectivity index (χ1) is 10.4. The second-order valence-electron chi connectivity index (χ2n) is 5.83. The molecule has 0 saturated heterocycles. The van der Waals surface area contributed by atoms with Gasteiger partial charge in [0, 0.05) is 11.3 Å². The van der Waals surface area contributed by atoms with Gasteiger partial charge in [0.2, 0.25) is 0 Å². The highest BCUT2D eigenvalue weighted by Gasteiger charge is 2.36. The summed E-state index contributed by atoms with van der Waals surface area (Å²) in [6, 6.07) is 21.9. The Kier molecular flexibility index (Phi) is 4.06. The van der Waals surface area contributed by atoms with Crippen LogP contribution in [-0.2, 0) is 0 Å². The molecule has 0 saturated carbocycles. The van der Waals surface area contributed by atoms with Crippen LogP contribution in [0.1, 0.15) is 36.8 Å². The van der Waals surface area contributed by atoms with Gasteiger partial charge in [-0.2, -0.15) is 0 Å². The average molecular weight is 274 g/mol. The van der Waals surface area contributed by atoms with Gasteiger partial charge in [0.15, 0.2) is 0 Å². The van der Waals surface area contributed by atoms with Crippen LogP contribution in [0, 0.1) is 5.41 Å². The van der Waals surface area contributed by atoms with Crippen LogP contribution in [-0.4, -0.2) is 0 Å². The Bertz CT molecular complexity index is 582. The summed E-state index contributed by atoms with van der Waals surface area (Å²) in [5.41, 5.74) is 2.99. The van der Waals surface area contributed by atoms with Crippen molar-refractivity contribution in [2.45, 2.75) is 25.7 Å². The molecule has 0 heterocycles. The maximum absolute atomic E-state index is 2.41. The second kappa shape index (κ2) is 6.13. The normalized spacial score (nSPS) is 20.9. The van der Waals surface area contributed by atoms with E-state index in [0.29, 0.717) is 5.92 Å². The molecule has 106 valence electrons. The molecule has 21 heavy (non-hydrogen) atoms. The van der Waals surface area contributed by atoms with Crippen molar-refractivity contribution in [3.63, 3.8) is 0 Å². The molecule has 0 spiro atoms. The largest absolute Gasteiger partial charge is 0.0836 e. The van der Waals surface area contributed by atoms with Gasteiger partial charge < -0.3 is 0 Å². The number of benzene rings is 2. The van der Waals surface area contributed by atoms with E-state index in [1.165, 1.54) is 11.1 Å². The Labute approximate surface area is 127 Å². The summed E-state index contributed by atoms with van der Waals surface area (Å²) in [5.74, 6) is 0.408. The van der Waals surface area contributed by atoms with Crippen molar-refractivity contribution in [2.24, 2.45) is 5.41 Å². The Morgan fingerprint density at radius 2 is 1.43 bits per heavy atom. The lowest BCUT2D eigenvalue weighted by Gasteiger charge is -2.39. The minimum Gasteiger partial charge on any atom is -0.0836 e. The van der Waals surface area contributed by atoms with Gasteiger partial charge in [-0.1, -0.05) is 91.9 Å². The summed E-state index contributed by atoms with van der Waals surface area (Å²) in [6.45, 7) is 2.31. The van der Waals surface area contributed by atoms with E-state index < -0.39 is 0 Å². The Hall–Kier alpha value is -2.08. The van der Waals surface area contributed by atoms with Gasteiger partial charge >= 0.3 is 0 Å². The van der Waals surface area contributed by atoms with E-state index in [-0.39, 0.29) is 5.41 Å². The fourth-order valence-electron chi connectivity index (χ4n) is 3.51. The predicted molar refractivity (Wildman–Crippen MR) is 90.3 cm³/mol. The summed E-state index contributed by atoms with van der Waals surface area (Å²) in [5, 5.41) is 0. The molecule has 0 heteroatoms. The summed E-state index contributed by atoms with van der Waals surface area (Å²) in [6.07, 6.45) is 11.4. The smallest absolute Gasteiger partial charge is 0.0183 e. The summed E-state index contributed by atoms with van der Waals surface area (Å²) >= 11 is 0. The van der Waals surface area contributed by atoms with E-state index in [9.17, 15) is 0 Å². The van der Waals surface area contributed by atoms with Crippen molar-refractivity contribution >= 4 is 0 Å². The van der Waals surface area contributed by atoms with Gasteiger partial charge in [0.25, 0.3) is 0 Å². The van der Waals surface area contributed by atoms with Crippen LogP contribution in [0.5, 0.6) is 0 Å². The van der Waals surface area contributed by atoms with Gasteiger partial charge in [0.1, 0.15) is 0 Å². The Morgan fingerprint density at radius 1 is 0.857 bits per heavy atom. The first-order valence-electron chi connectivity index (χ1n) is 7.80. The molecule has 1 aliphatic rings. The minimum atomic E-state index is 0.178. The van der Waals surface area contributed by atoms with Crippen molar-refractivity contribution in [1.29, 1.82) is 0 Å². The second-order valence-corrected chi connectivity index (χ2v) is 5.83. The van der Waals surface area contributed by atoms with Crippen molar-refractivity contribution in [2.75, 3.05) is 0 Å². The fraction of sp³-hybridized carbons (Fsp3) is 0.238. The highest BCUT2D eigenvalue weighted by molar-refractivity contribution is 5.38. The maximum atomic E-state index is 2.41. The predicted octanol–water partition coefficient (Wildman–Crippen LogP) is 5.73. The molecule has 1 unspecified atom stereocenters. The highest BCUT2D eigenvalue weighted by Crippen LogP contribution is 2.48. The van der Waals surface area contributed by atoms with Crippen LogP contribution in [0.2, 0.25) is 0 Å². The van der Waals surface area contributed by atoms with Gasteiger partial charge in [-0.15, -0.1) is 0 Å². The molecule has 1 atom stereocenters. The van der Waals surface area contributed by atoms with Crippen LogP contribution in [0.4, 0.5) is 0 Å². The van der Waals surface area contributed by atoms with Crippen molar-refractivity contribution in [1.82, 2.24) is 0 Å². The summed E-state index contributed by atoms with van der Waals surface area (Å²) < 4.78 is 0. The molecule has 0 aromatic heterocycles. The monoisotopic (exact) mass is 274 g/mol. The quantitative estimate of drug-likeness (QED) is 0.667. The number of hydrogen-bond acceptors (Lipinski definition) is 0. The topological polar surface area (TPSA) is 0 Å². The molecule has 0 amide bonds. The number of rotatable bonds is 4. The van der Waals surface area contributed by atoms with Crippen LogP contribution >= 0.6 is 0 Å². The van der Waals surface area contributed by atoms with Gasteiger partial charge in [-0.05, 0) is 24.0 Å². The fourth-order valence-corrected chi connectivity index (χ4v) is 3.51. The van der Waals surface area contributed by atoms with Gasteiger partial charge in [-0.25, -0.2) is 0 Å². The third kappa shape index (κ3) is 2.71. The molecule has 0 nitrogen and oxygen atoms in total. The Morgan fingerprint density at radius 3 is 1.86 bits per heavy atom. The van der Waals surface area contributed by atoms with Gasteiger partial charge in [-0.3, -0.25) is 0 Å². The van der Waals surface area contributed by atoms with Crippen molar-refractivity contribution < 1.29 is 0 Å². The molecule has 0 N–H and O–H groups in total. The highest BCUT2D eigenvalue weighted by atomic mass is 14.4. The SMILES string of the molecule is CCC1(C(c2ccccc2)c2ccccc2)C=CC=CC1. The molecule has 2 aromatic rings. The van der Waals surface area contributed by atoms with E-state index in [2.05, 4.69) is 91.9 Å². The maximum Gasteiger partial charge on any atom is 0.0183 e. The summed E-state index contributed by atoms with van der Waals surface area (Å²) in [7, 11) is 0. The molecule has 1 aliphatic carbocycles. The lowest BCUT2D eigenvalue weighted by molar-refractivity contribution is 0.321. The van der Waals surface area contributed by atoms with Crippen LogP contribution in [0.25, 0.3) is 0 Å². The van der Waals surface area contributed by atoms with E-state index in [1.54, 1.807) is 0 Å². The molecule has 3 rings (SSSR count). The van der Waals surface area contributed by atoms with Gasteiger partial charge in [0.05, 0.1) is 0 Å². The zero-order chi connectivity index (χ0) is 14.5. The van der Waals surface area contributed by atoms with E-state index in [1.807, 2.05) is 0 Å². The van der Waals surface area contributed by atoms with Crippen LogP contribution < -0.4 is 0 Å². The van der Waals surface area contributed by atoms with E-state index >= 15 is 0 Å². The average Bonchev–Trinajstić information content (AvgIpc) is 2.58. The number of hydrogen-bond donors (Lipinski definition) is 0. The first-order valence-corrected chi connectivity index (χ1v) is 7.80. The molecule has 0 radical (unpaired) electrons. The van der Waals surface area contributed by atoms with Crippen LogP contribution in [0.3, 0.4) is 0 Å². The Balaban J connectivity index is 2.13. The lowest BCUT2D eigenvalue weighted by Crippen LogP contribution is -2.28. The number of allylic oxidation sites excluding steroid dienone is 4. The van der Waals surface area contributed by atoms with E-state index in [0.717, 1.165) is 12.8 Å². The van der Waals surface area contributed by atoms with Crippen LogP contribution in [0.15, 0.2) is 85.0 Å². The molecular formula is C21H22.